The Bertz CT molecular complexity index is 987. The van der Waals surface area contributed by atoms with Crippen molar-refractivity contribution in [3.63, 3.8) is 0 Å². The van der Waals surface area contributed by atoms with E-state index in [4.69, 9.17) is 19.1 Å². The molecule has 0 saturated heterocycles. The van der Waals surface area contributed by atoms with Gasteiger partial charge in [0.2, 0.25) is 0 Å². The quantitative estimate of drug-likeness (QED) is 0.258. The molecular formula is C20H27K3O7PS. The molecule has 2 aromatic carbocycles. The van der Waals surface area contributed by atoms with Crippen LogP contribution < -0.4 is 4.74 Å². The van der Waals surface area contributed by atoms with E-state index >= 15 is 0 Å². The summed E-state index contributed by atoms with van der Waals surface area (Å²) in [5.41, 5.74) is 2.07. The Labute approximate surface area is 318 Å². The Morgan fingerprint density at radius 2 is 1.53 bits per heavy atom. The van der Waals surface area contributed by atoms with Crippen LogP contribution in [0.2, 0.25) is 0 Å². The van der Waals surface area contributed by atoms with E-state index in [1.165, 1.54) is 5.56 Å². The third kappa shape index (κ3) is 13.1. The van der Waals surface area contributed by atoms with Gasteiger partial charge in [0, 0.05) is 154 Å². The van der Waals surface area contributed by atoms with Crippen molar-refractivity contribution >= 4 is 172 Å². The van der Waals surface area contributed by atoms with Crippen LogP contribution in [0.5, 0.6) is 11.5 Å². The van der Waals surface area contributed by atoms with Gasteiger partial charge in [0.05, 0.1) is 0 Å². The van der Waals surface area contributed by atoms with Crippen molar-refractivity contribution in [2.45, 2.75) is 50.4 Å². The summed E-state index contributed by atoms with van der Waals surface area (Å²) in [6.07, 6.45) is 0.216. The second-order valence-electron chi connectivity index (χ2n) is 7.97. The smallest absolute Gasteiger partial charge is 0.346 e. The second kappa shape index (κ2) is 16.2. The maximum absolute atomic E-state index is 11.3. The fraction of sp³-hybridized carbons (Fsp3) is 0.400. The molecule has 32 heavy (non-hydrogen) atoms. The third-order valence-corrected chi connectivity index (χ3v) is 8.04. The van der Waals surface area contributed by atoms with Crippen LogP contribution in [-0.2, 0) is 26.5 Å². The summed E-state index contributed by atoms with van der Waals surface area (Å²) >= 11 is 0. The van der Waals surface area contributed by atoms with Crippen LogP contribution in [0.1, 0.15) is 44.7 Å². The van der Waals surface area contributed by atoms with E-state index in [1.807, 2.05) is 30.3 Å². The van der Waals surface area contributed by atoms with E-state index in [-0.39, 0.29) is 172 Å². The molecule has 3 N–H and O–H groups in total. The van der Waals surface area contributed by atoms with Crippen molar-refractivity contribution in [2.24, 2.45) is 0 Å². The molecule has 12 heteroatoms. The van der Waals surface area contributed by atoms with Crippen LogP contribution in [0.3, 0.4) is 0 Å². The zero-order valence-corrected chi connectivity index (χ0v) is 30.7. The number of hydrogen-bond acceptors (Lipinski definition) is 4. The van der Waals surface area contributed by atoms with Crippen LogP contribution in [0, 0.1) is 0 Å². The molecule has 0 heterocycles. The van der Waals surface area contributed by atoms with E-state index in [1.54, 1.807) is 18.2 Å². The summed E-state index contributed by atoms with van der Waals surface area (Å²) in [5.74, 6) is 1.29. The molecule has 1 unspecified atom stereocenters. The first kappa shape index (κ1) is 37.4. The molecule has 2 aromatic rings. The van der Waals surface area contributed by atoms with Crippen LogP contribution in [0.25, 0.3) is 0 Å². The van der Waals surface area contributed by atoms with Crippen molar-refractivity contribution in [3.8, 4) is 11.5 Å². The molecule has 0 amide bonds. The molecule has 0 saturated carbocycles. The van der Waals surface area contributed by atoms with Gasteiger partial charge in [-0.2, -0.15) is 8.42 Å². The fourth-order valence-electron chi connectivity index (χ4n) is 2.89. The van der Waals surface area contributed by atoms with Crippen LogP contribution in [-0.4, -0.2) is 182 Å². The molecule has 0 aliphatic heterocycles. The maximum atomic E-state index is 11.3. The number of aryl methyl sites for hydroxylation is 1. The zero-order valence-electron chi connectivity index (χ0n) is 19.6. The van der Waals surface area contributed by atoms with Gasteiger partial charge in [0.25, 0.3) is 10.1 Å². The summed E-state index contributed by atoms with van der Waals surface area (Å²) in [7, 11) is -9.78. The Hall–Kier alpha value is 3.21. The van der Waals surface area contributed by atoms with Crippen molar-refractivity contribution in [1.82, 2.24) is 0 Å². The zero-order chi connectivity index (χ0) is 21.9. The van der Waals surface area contributed by atoms with Gasteiger partial charge in [0.1, 0.15) is 11.5 Å². The predicted octanol–water partition coefficient (Wildman–Crippen LogP) is 3.35. The predicted molar refractivity (Wildman–Crippen MR) is 129 cm³/mol. The van der Waals surface area contributed by atoms with Gasteiger partial charge >= 0.3 is 7.60 Å². The standard InChI is InChI=1S/C20H27O7PS.3K/c1-20(2,3)16-10-12-17(13-11-16)27-18-8-4-6-15(14-18)7-5-9-19(28(21,22)23)29(24,25)26;;;/h4,6,8,10-14,19H,5,7,9H2,1-3H3,(H2,21,22,23)(H,24,25,26);;;. The number of rotatable bonds is 8. The molecule has 0 fully saturated rings. The molecule has 0 aliphatic rings. The molecule has 7 nitrogen and oxygen atoms in total. The van der Waals surface area contributed by atoms with Gasteiger partial charge in [-0.15, -0.1) is 0 Å². The summed E-state index contributed by atoms with van der Waals surface area (Å²) in [6, 6.07) is 15.0. The molecule has 2 rings (SSSR count). The monoisotopic (exact) mass is 559 g/mol. The Morgan fingerprint density at radius 3 is 2.00 bits per heavy atom. The average molecular weight is 560 g/mol. The Balaban J connectivity index is 0. The largest absolute Gasteiger partial charge is 0.457 e. The molecule has 0 spiro atoms. The third-order valence-electron chi connectivity index (χ3n) is 4.49. The van der Waals surface area contributed by atoms with Crippen LogP contribution in [0.4, 0.5) is 0 Å². The van der Waals surface area contributed by atoms with Gasteiger partial charge in [-0.05, 0) is 60.1 Å². The van der Waals surface area contributed by atoms with Crippen molar-refractivity contribution in [3.05, 3.63) is 59.7 Å². The summed E-state index contributed by atoms with van der Waals surface area (Å²) < 4.78 is 48.6. The summed E-state index contributed by atoms with van der Waals surface area (Å²) in [4.78, 5) is 16.2. The average Bonchev–Trinajstić information content (AvgIpc) is 2.56. The van der Waals surface area contributed by atoms with Crippen molar-refractivity contribution in [2.75, 3.05) is 0 Å². The molecule has 0 bridgehead atoms. The minimum absolute atomic E-state index is 0. The molecule has 0 aliphatic carbocycles. The first-order chi connectivity index (χ1) is 13.3. The van der Waals surface area contributed by atoms with Crippen molar-refractivity contribution < 1.29 is 32.1 Å². The van der Waals surface area contributed by atoms with Gasteiger partial charge in [-0.1, -0.05) is 45.0 Å². The van der Waals surface area contributed by atoms with E-state index in [0.717, 1.165) is 5.56 Å². The number of benzene rings is 2. The molecule has 163 valence electrons. The van der Waals surface area contributed by atoms with Gasteiger partial charge in [0.15, 0.2) is 4.99 Å². The fourth-order valence-corrected chi connectivity index (χ4v) is 5.27. The van der Waals surface area contributed by atoms with E-state index in [2.05, 4.69) is 20.8 Å². The first-order valence-corrected chi connectivity index (χ1v) is 12.3. The number of hydrogen-bond donors (Lipinski definition) is 3. The molecular weight excluding hydrogens is 533 g/mol. The number of ether oxygens (including phenoxy) is 1. The van der Waals surface area contributed by atoms with Gasteiger partial charge < -0.3 is 14.5 Å². The Kier molecular flexibility index (Phi) is 19.0. The SMILES string of the molecule is CC(C)(C)c1ccc(Oc2cccc(CCCC(P(=O)(O)O)S(=O)(=O)O)c2)cc1.[K].[K].[K]. The van der Waals surface area contributed by atoms with Crippen LogP contribution in [0.15, 0.2) is 48.5 Å². The minimum Gasteiger partial charge on any atom is -0.457 e. The second-order valence-corrected chi connectivity index (χ2v) is 11.7. The molecule has 3 radical (unpaired) electrons. The first-order valence-electron chi connectivity index (χ1n) is 9.16. The molecule has 1 atom stereocenters. The topological polar surface area (TPSA) is 121 Å². The minimum atomic E-state index is -4.95. The normalized spacial score (nSPS) is 12.6. The summed E-state index contributed by atoms with van der Waals surface area (Å²) in [6.45, 7) is 6.39. The van der Waals surface area contributed by atoms with Gasteiger partial charge in [-0.3, -0.25) is 9.12 Å². The van der Waals surface area contributed by atoms with Crippen LogP contribution >= 0.6 is 7.60 Å². The van der Waals surface area contributed by atoms with E-state index in [9.17, 15) is 13.0 Å². The van der Waals surface area contributed by atoms with Crippen molar-refractivity contribution in [1.29, 1.82) is 0 Å². The maximum Gasteiger partial charge on any atom is 0.346 e. The van der Waals surface area contributed by atoms with E-state index in [0.29, 0.717) is 17.9 Å². The van der Waals surface area contributed by atoms with Gasteiger partial charge in [-0.25, -0.2) is 0 Å². The summed E-state index contributed by atoms with van der Waals surface area (Å²) in [5, 5.41) is 0. The van der Waals surface area contributed by atoms with E-state index < -0.39 is 22.7 Å². The molecule has 0 aromatic heterocycles. The Morgan fingerprint density at radius 1 is 0.969 bits per heavy atom.